The lowest BCUT2D eigenvalue weighted by Gasteiger charge is -2.06. The number of benzene rings is 1. The van der Waals surface area contributed by atoms with Crippen molar-refractivity contribution in [3.05, 3.63) is 29.8 Å². The van der Waals surface area contributed by atoms with Crippen molar-refractivity contribution in [2.24, 2.45) is 0 Å². The minimum atomic E-state index is -0.257. The molecule has 1 aromatic carbocycles. The fourth-order valence-corrected chi connectivity index (χ4v) is 1.55. The van der Waals surface area contributed by atoms with Gasteiger partial charge in [0.25, 0.3) is 5.91 Å². The maximum Gasteiger partial charge on any atom is 0.258 e. The third-order valence-corrected chi connectivity index (χ3v) is 2.48. The first-order valence-electron chi connectivity index (χ1n) is 6.05. The third kappa shape index (κ3) is 3.06. The van der Waals surface area contributed by atoms with E-state index < -0.39 is 0 Å². The summed E-state index contributed by atoms with van der Waals surface area (Å²) in [6.45, 7) is 4.98. The molecule has 7 nitrogen and oxygen atoms in total. The van der Waals surface area contributed by atoms with Crippen molar-refractivity contribution in [1.82, 2.24) is 20.2 Å². The molecule has 0 aliphatic rings. The molecule has 0 aliphatic heterocycles. The summed E-state index contributed by atoms with van der Waals surface area (Å²) in [5.74, 6) is 0.811. The summed E-state index contributed by atoms with van der Waals surface area (Å²) in [5, 5.41) is 13.6. The first-order chi connectivity index (χ1) is 9.24. The van der Waals surface area contributed by atoms with E-state index in [1.165, 1.54) is 4.68 Å². The van der Waals surface area contributed by atoms with E-state index in [2.05, 4.69) is 20.8 Å². The highest BCUT2D eigenvalue weighted by Gasteiger charge is 2.11. The van der Waals surface area contributed by atoms with Crippen molar-refractivity contribution in [3.63, 3.8) is 0 Å². The number of tetrazole rings is 1. The van der Waals surface area contributed by atoms with E-state index in [0.29, 0.717) is 24.7 Å². The Hall–Kier alpha value is -2.44. The van der Waals surface area contributed by atoms with E-state index in [-0.39, 0.29) is 5.91 Å². The molecule has 1 aromatic heterocycles. The minimum Gasteiger partial charge on any atom is -0.494 e. The number of nitrogens with one attached hydrogen (secondary N) is 1. The molecule has 2 rings (SSSR count). The molecule has 0 bridgehead atoms. The molecule has 0 fully saturated rings. The quantitative estimate of drug-likeness (QED) is 0.878. The summed E-state index contributed by atoms with van der Waals surface area (Å²) in [5.41, 5.74) is 0.522. The van der Waals surface area contributed by atoms with E-state index in [4.69, 9.17) is 4.74 Å². The first kappa shape index (κ1) is 13.0. The van der Waals surface area contributed by atoms with Gasteiger partial charge >= 0.3 is 0 Å². The maximum atomic E-state index is 12.0. The fraction of sp³-hybridized carbons (Fsp3) is 0.333. The van der Waals surface area contributed by atoms with Crippen LogP contribution in [0.25, 0.3) is 0 Å². The molecule has 2 aromatic rings. The summed E-state index contributed by atoms with van der Waals surface area (Å²) < 4.78 is 6.82. The average Bonchev–Trinajstić information content (AvgIpc) is 2.87. The summed E-state index contributed by atoms with van der Waals surface area (Å²) >= 11 is 0. The van der Waals surface area contributed by atoms with E-state index in [1.54, 1.807) is 24.3 Å². The Balaban J connectivity index is 2.07. The zero-order chi connectivity index (χ0) is 13.7. The van der Waals surface area contributed by atoms with Crippen molar-refractivity contribution < 1.29 is 9.53 Å². The van der Waals surface area contributed by atoms with E-state index in [1.807, 2.05) is 13.8 Å². The lowest BCUT2D eigenvalue weighted by molar-refractivity contribution is 0.102. The Morgan fingerprint density at radius 1 is 1.32 bits per heavy atom. The molecule has 0 unspecified atom stereocenters. The largest absolute Gasteiger partial charge is 0.494 e. The van der Waals surface area contributed by atoms with Gasteiger partial charge in [-0.1, -0.05) is 5.10 Å². The van der Waals surface area contributed by atoms with E-state index in [9.17, 15) is 4.79 Å². The van der Waals surface area contributed by atoms with Gasteiger partial charge in [-0.2, -0.15) is 0 Å². The van der Waals surface area contributed by atoms with Crippen LogP contribution in [-0.4, -0.2) is 32.7 Å². The topological polar surface area (TPSA) is 81.9 Å². The molecule has 7 heteroatoms. The Labute approximate surface area is 110 Å². The minimum absolute atomic E-state index is 0.257. The molecule has 1 amide bonds. The number of rotatable bonds is 5. The molecule has 0 saturated heterocycles. The van der Waals surface area contributed by atoms with Crippen LogP contribution in [0, 0.1) is 0 Å². The number of hydrogen-bond acceptors (Lipinski definition) is 5. The van der Waals surface area contributed by atoms with Crippen LogP contribution in [-0.2, 0) is 6.54 Å². The molecule has 100 valence electrons. The van der Waals surface area contributed by atoms with Gasteiger partial charge in [0.05, 0.1) is 6.61 Å². The van der Waals surface area contributed by atoms with Gasteiger partial charge in [0.15, 0.2) is 0 Å². The third-order valence-electron chi connectivity index (χ3n) is 2.48. The second-order valence-electron chi connectivity index (χ2n) is 3.73. The first-order valence-corrected chi connectivity index (χ1v) is 6.05. The Bertz CT molecular complexity index is 550. The number of carbonyl (C=O) groups excluding carboxylic acids is 1. The van der Waals surface area contributed by atoms with Crippen molar-refractivity contribution in [1.29, 1.82) is 0 Å². The standard InChI is InChI=1S/C12H15N5O2/c1-3-17-12(14-15-16-17)13-11(18)9-5-7-10(8-6-9)19-4-2/h5-8H,3-4H2,1-2H3,(H,13,14,16,18). The average molecular weight is 261 g/mol. The zero-order valence-corrected chi connectivity index (χ0v) is 10.8. The Morgan fingerprint density at radius 3 is 2.68 bits per heavy atom. The number of ether oxygens (including phenoxy) is 1. The molecule has 0 atom stereocenters. The normalized spacial score (nSPS) is 10.2. The number of aryl methyl sites for hydroxylation is 1. The van der Waals surface area contributed by atoms with Gasteiger partial charge in [0.2, 0.25) is 5.95 Å². The molecular weight excluding hydrogens is 246 g/mol. The van der Waals surface area contributed by atoms with Gasteiger partial charge in [0, 0.05) is 12.1 Å². The van der Waals surface area contributed by atoms with Crippen LogP contribution in [0.15, 0.2) is 24.3 Å². The van der Waals surface area contributed by atoms with Crippen LogP contribution >= 0.6 is 0 Å². The lowest BCUT2D eigenvalue weighted by atomic mass is 10.2. The Morgan fingerprint density at radius 2 is 2.05 bits per heavy atom. The fourth-order valence-electron chi connectivity index (χ4n) is 1.55. The second-order valence-corrected chi connectivity index (χ2v) is 3.73. The van der Waals surface area contributed by atoms with E-state index >= 15 is 0 Å². The molecule has 0 saturated carbocycles. The van der Waals surface area contributed by atoms with E-state index in [0.717, 1.165) is 5.75 Å². The predicted octanol–water partition coefficient (Wildman–Crippen LogP) is 1.34. The van der Waals surface area contributed by atoms with Crippen molar-refractivity contribution >= 4 is 11.9 Å². The monoisotopic (exact) mass is 261 g/mol. The Kier molecular flexibility index (Phi) is 4.07. The van der Waals surface area contributed by atoms with Gasteiger partial charge in [-0.3, -0.25) is 10.1 Å². The number of amides is 1. The molecule has 0 spiro atoms. The molecule has 1 heterocycles. The van der Waals surface area contributed by atoms with Crippen LogP contribution in [0.1, 0.15) is 24.2 Å². The predicted molar refractivity (Wildman–Crippen MR) is 69.1 cm³/mol. The zero-order valence-electron chi connectivity index (χ0n) is 10.8. The summed E-state index contributed by atoms with van der Waals surface area (Å²) in [6.07, 6.45) is 0. The SMILES string of the molecule is CCOc1ccc(C(=O)Nc2nnnn2CC)cc1. The van der Waals surface area contributed by atoms with Crippen LogP contribution in [0.5, 0.6) is 5.75 Å². The second kappa shape index (κ2) is 5.94. The van der Waals surface area contributed by atoms with Crippen LogP contribution in [0.2, 0.25) is 0 Å². The number of carbonyl (C=O) groups is 1. The maximum absolute atomic E-state index is 12.0. The van der Waals surface area contributed by atoms with Crippen molar-refractivity contribution in [2.75, 3.05) is 11.9 Å². The van der Waals surface area contributed by atoms with Gasteiger partial charge in [-0.05, 0) is 48.5 Å². The summed E-state index contributed by atoms with van der Waals surface area (Å²) in [7, 11) is 0. The number of anilines is 1. The van der Waals surface area contributed by atoms with Crippen LogP contribution < -0.4 is 10.1 Å². The summed E-state index contributed by atoms with van der Waals surface area (Å²) in [4.78, 5) is 12.0. The molecular formula is C12H15N5O2. The molecule has 19 heavy (non-hydrogen) atoms. The number of nitrogens with zero attached hydrogens (tertiary/aromatic N) is 4. The highest BCUT2D eigenvalue weighted by Crippen LogP contribution is 2.13. The lowest BCUT2D eigenvalue weighted by Crippen LogP contribution is -2.16. The highest BCUT2D eigenvalue weighted by atomic mass is 16.5. The number of aromatic nitrogens is 4. The van der Waals surface area contributed by atoms with Crippen LogP contribution in [0.3, 0.4) is 0 Å². The van der Waals surface area contributed by atoms with Gasteiger partial charge in [-0.25, -0.2) is 4.68 Å². The summed E-state index contributed by atoms with van der Waals surface area (Å²) in [6, 6.07) is 6.89. The van der Waals surface area contributed by atoms with Gasteiger partial charge < -0.3 is 4.74 Å². The van der Waals surface area contributed by atoms with Crippen molar-refractivity contribution in [3.8, 4) is 5.75 Å². The molecule has 1 N–H and O–H groups in total. The van der Waals surface area contributed by atoms with Gasteiger partial charge in [0.1, 0.15) is 5.75 Å². The van der Waals surface area contributed by atoms with Crippen molar-refractivity contribution in [2.45, 2.75) is 20.4 Å². The smallest absolute Gasteiger partial charge is 0.258 e. The van der Waals surface area contributed by atoms with Gasteiger partial charge in [-0.15, -0.1) is 0 Å². The number of hydrogen-bond donors (Lipinski definition) is 1. The molecule has 0 aliphatic carbocycles. The highest BCUT2D eigenvalue weighted by molar-refractivity contribution is 6.03. The molecule has 0 radical (unpaired) electrons. The van der Waals surface area contributed by atoms with Crippen LogP contribution in [0.4, 0.5) is 5.95 Å².